The fraction of sp³-hybridized carbons (Fsp3) is 0.447. The van der Waals surface area contributed by atoms with E-state index in [1.54, 1.807) is 31.2 Å². The molecule has 1 heterocycles. The number of aliphatic hydroxyl groups is 2. The van der Waals surface area contributed by atoms with Crippen molar-refractivity contribution in [1.82, 2.24) is 9.87 Å². The molecule has 3 aromatic rings. The van der Waals surface area contributed by atoms with Crippen LogP contribution in [-0.2, 0) is 20.5 Å². The van der Waals surface area contributed by atoms with E-state index in [-0.39, 0.29) is 89.6 Å². The Morgan fingerprint density at radius 2 is 1.72 bits per heavy atom. The van der Waals surface area contributed by atoms with Crippen molar-refractivity contribution in [3.05, 3.63) is 81.4 Å². The van der Waals surface area contributed by atoms with Crippen molar-refractivity contribution in [2.45, 2.75) is 76.3 Å². The quantitative estimate of drug-likeness (QED) is 0.0338. The van der Waals surface area contributed by atoms with Crippen LogP contribution in [0, 0.1) is 6.92 Å². The molecule has 0 amide bonds. The maximum Gasteiger partial charge on any atom is 0.435 e. The molecule has 57 heavy (non-hydrogen) atoms. The topological polar surface area (TPSA) is 223 Å². The van der Waals surface area contributed by atoms with E-state index < -0.39 is 84.5 Å². The number of nitrogens with one attached hydrogen (secondary N) is 1. The molecule has 1 unspecified atom stereocenters. The summed E-state index contributed by atoms with van der Waals surface area (Å²) in [5, 5.41) is 53.8. The molecule has 1 aliphatic heterocycles. The van der Waals surface area contributed by atoms with Gasteiger partial charge in [-0.05, 0) is 39.0 Å². The first kappa shape index (κ1) is 44.6. The van der Waals surface area contributed by atoms with E-state index in [0.29, 0.717) is 0 Å². The third-order valence-corrected chi connectivity index (χ3v) is 12.8. The molecule has 0 spiro atoms. The van der Waals surface area contributed by atoms with E-state index in [4.69, 9.17) is 47.7 Å². The van der Waals surface area contributed by atoms with Gasteiger partial charge in [0, 0.05) is 66.8 Å². The van der Waals surface area contributed by atoms with Gasteiger partial charge in [-0.1, -0.05) is 29.8 Å². The molecular formula is C38H46Cl3N4O11P. The summed E-state index contributed by atoms with van der Waals surface area (Å²) >= 11 is 12.1. The summed E-state index contributed by atoms with van der Waals surface area (Å²) in [5.41, 5.74) is 3.89. The maximum atomic E-state index is 14.6. The Morgan fingerprint density at radius 1 is 1.07 bits per heavy atom. The second-order valence-corrected chi connectivity index (χ2v) is 16.9. The first-order valence-corrected chi connectivity index (χ1v) is 20.6. The predicted octanol–water partition coefficient (Wildman–Crippen LogP) is 5.10. The maximum absolute atomic E-state index is 14.6. The molecule has 0 saturated carbocycles. The van der Waals surface area contributed by atoms with Crippen LogP contribution in [0.3, 0.4) is 0 Å². The Labute approximate surface area is 346 Å². The van der Waals surface area contributed by atoms with Gasteiger partial charge in [0.2, 0.25) is 5.78 Å². The van der Waals surface area contributed by atoms with Gasteiger partial charge >= 0.3 is 7.67 Å². The minimum atomic E-state index is -4.11. The van der Waals surface area contributed by atoms with Crippen molar-refractivity contribution < 1.29 is 53.3 Å². The number of ether oxygens (including phenoxy) is 3. The number of carbonyl (C=O) groups excluding carboxylic acids is 2. The Morgan fingerprint density at radius 3 is 2.33 bits per heavy atom. The number of hydrogen-bond donors (Lipinski definition) is 6. The second kappa shape index (κ2) is 17.8. The van der Waals surface area contributed by atoms with Gasteiger partial charge < -0.3 is 44.9 Å². The summed E-state index contributed by atoms with van der Waals surface area (Å²) < 4.78 is 39.7. The van der Waals surface area contributed by atoms with Crippen LogP contribution in [0.5, 0.6) is 23.0 Å². The normalized spacial score (nSPS) is 25.4. The average molecular weight is 872 g/mol. The predicted molar refractivity (Wildman–Crippen MR) is 216 cm³/mol. The van der Waals surface area contributed by atoms with Crippen molar-refractivity contribution in [2.24, 2.45) is 10.8 Å². The number of nitrogens with two attached hydrogens (primary N) is 1. The zero-order chi connectivity index (χ0) is 40.7. The first-order valence-electron chi connectivity index (χ1n) is 18.0. The average Bonchev–Trinajstić information content (AvgIpc) is 3.16. The van der Waals surface area contributed by atoms with Crippen LogP contribution in [0.1, 0.15) is 81.3 Å². The van der Waals surface area contributed by atoms with E-state index in [2.05, 4.69) is 10.3 Å². The van der Waals surface area contributed by atoms with Crippen molar-refractivity contribution in [1.29, 1.82) is 0 Å². The Balaban J connectivity index is 0.00000620. The number of methoxy groups -OCH3 is 1. The zero-order valence-electron chi connectivity index (χ0n) is 31.6. The molecule has 0 aromatic heterocycles. The molecule has 3 aliphatic rings. The number of aryl methyl sites for hydroxylation is 1. The van der Waals surface area contributed by atoms with Crippen molar-refractivity contribution in [3.8, 4) is 23.0 Å². The number of halogens is 3. The first-order chi connectivity index (χ1) is 26.6. The highest BCUT2D eigenvalue weighted by Gasteiger charge is 2.49. The molecule has 2 aliphatic carbocycles. The Hall–Kier alpha value is -3.47. The summed E-state index contributed by atoms with van der Waals surface area (Å²) in [7, 11) is -2.77. The van der Waals surface area contributed by atoms with Crippen LogP contribution in [0.2, 0.25) is 0 Å². The summed E-state index contributed by atoms with van der Waals surface area (Å²) in [6.45, 7) is 5.15. The van der Waals surface area contributed by atoms with Gasteiger partial charge in [0.05, 0.1) is 47.8 Å². The molecule has 1 saturated heterocycles. The molecule has 1 fully saturated rings. The van der Waals surface area contributed by atoms with Crippen LogP contribution in [-0.4, -0.2) is 104 Å². The number of fused-ring (bicyclic) bond motifs is 3. The number of aliphatic hydroxyl groups excluding tert-OH is 1. The van der Waals surface area contributed by atoms with Gasteiger partial charge in [0.15, 0.2) is 12.1 Å². The van der Waals surface area contributed by atoms with E-state index in [1.165, 1.54) is 36.9 Å². The van der Waals surface area contributed by atoms with E-state index >= 15 is 0 Å². The van der Waals surface area contributed by atoms with Crippen molar-refractivity contribution in [2.75, 3.05) is 32.0 Å². The van der Waals surface area contributed by atoms with Crippen LogP contribution < -0.4 is 20.2 Å². The van der Waals surface area contributed by atoms with Gasteiger partial charge in [0.25, 0.3) is 0 Å². The molecule has 15 nitrogen and oxygen atoms in total. The number of hydrogen-bond acceptors (Lipinski definition) is 13. The standard InChI is InChI=1S/C38H45Cl2N4O11P.ClH/c1-19-8-10-22(11-9-19)55-56(51,44(14-12-39)15-13-40)43-42-21(3)38(50)17-24-30(27(18-38)54-28-16-25(41)33(45)20(2)53-28)37(49)32-31(35(24)47)34(46)23-6-5-7-26(52-4)29(23)36(32)48;/h5-11,20,25,27-28,33,45,47,49-50H,12-18,41H2,1-4H3,(H,43,51);1H/b42-21-;/t20-,25-,27-,28-,33+,38-,56?;/m0./s1. The molecular weight excluding hydrogens is 826 g/mol. The number of benzene rings is 3. The highest BCUT2D eigenvalue weighted by Crippen LogP contribution is 2.53. The summed E-state index contributed by atoms with van der Waals surface area (Å²) in [6.07, 6.45) is -4.89. The smallest absolute Gasteiger partial charge is 0.435 e. The van der Waals surface area contributed by atoms with E-state index in [9.17, 15) is 34.6 Å². The molecule has 6 rings (SSSR count). The fourth-order valence-electron chi connectivity index (χ4n) is 7.36. The number of carbonyl (C=O) groups is 2. The molecule has 310 valence electrons. The third kappa shape index (κ3) is 8.51. The zero-order valence-corrected chi connectivity index (χ0v) is 34.8. The number of rotatable bonds is 13. The summed E-state index contributed by atoms with van der Waals surface area (Å²) in [6, 6.07) is 10.5. The fourth-order valence-corrected chi connectivity index (χ4v) is 9.70. The monoisotopic (exact) mass is 870 g/mol. The minimum absolute atomic E-state index is 0. The van der Waals surface area contributed by atoms with E-state index in [1.807, 2.05) is 6.92 Å². The van der Waals surface area contributed by atoms with Crippen LogP contribution >= 0.6 is 43.3 Å². The molecule has 3 aromatic carbocycles. The lowest BCUT2D eigenvalue weighted by atomic mass is 9.72. The lowest BCUT2D eigenvalue weighted by Crippen LogP contribution is -2.52. The van der Waals surface area contributed by atoms with Crippen molar-refractivity contribution in [3.63, 3.8) is 0 Å². The molecule has 7 N–H and O–H groups in total. The van der Waals surface area contributed by atoms with Crippen LogP contribution in [0.15, 0.2) is 47.6 Å². The second-order valence-electron chi connectivity index (χ2n) is 14.1. The summed E-state index contributed by atoms with van der Waals surface area (Å²) in [5.74, 6) is -2.28. The SMILES string of the molecule is COc1cccc2c1C(=O)c1c(O)c3c(c(O)c1C2=O)C[C@@](O)(/C(C)=N\NP(=O)(Oc1ccc(C)cc1)N(CCCl)CCCl)C[C@@H]3O[C@H]1C[C@H](N)[C@H](O)[C@H](C)O1.Cl. The molecule has 0 radical (unpaired) electrons. The number of phenolic OH excluding ortho intramolecular Hbond substituents is 2. The highest BCUT2D eigenvalue weighted by molar-refractivity contribution is 7.54. The van der Waals surface area contributed by atoms with Gasteiger partial charge in [-0.3, -0.25) is 9.59 Å². The third-order valence-electron chi connectivity index (χ3n) is 10.5. The van der Waals surface area contributed by atoms with Crippen molar-refractivity contribution >= 4 is 60.6 Å². The largest absolute Gasteiger partial charge is 0.507 e. The van der Waals surface area contributed by atoms with Gasteiger partial charge in [-0.2, -0.15) is 5.10 Å². The lowest BCUT2D eigenvalue weighted by Gasteiger charge is -2.43. The minimum Gasteiger partial charge on any atom is -0.507 e. The van der Waals surface area contributed by atoms with Gasteiger partial charge in [0.1, 0.15) is 28.6 Å². The Bertz CT molecular complexity index is 2070. The Kier molecular flexibility index (Phi) is 13.9. The van der Waals surface area contributed by atoms with Crippen LogP contribution in [0.4, 0.5) is 0 Å². The number of nitrogens with zero attached hydrogens (tertiary/aromatic N) is 2. The number of ketones is 2. The molecule has 7 atom stereocenters. The summed E-state index contributed by atoms with van der Waals surface area (Å²) in [4.78, 5) is 28.1. The molecule has 19 heteroatoms. The van der Waals surface area contributed by atoms with Crippen LogP contribution in [0.25, 0.3) is 0 Å². The lowest BCUT2D eigenvalue weighted by molar-refractivity contribution is -0.245. The number of alkyl halides is 2. The van der Waals surface area contributed by atoms with Gasteiger partial charge in [-0.25, -0.2) is 14.4 Å². The number of aromatic hydroxyl groups is 2. The molecule has 0 bridgehead atoms. The number of hydrazone groups is 1. The van der Waals surface area contributed by atoms with E-state index in [0.717, 1.165) is 5.56 Å². The number of phenols is 2. The van der Waals surface area contributed by atoms with Gasteiger partial charge in [-0.15, -0.1) is 35.6 Å². The highest BCUT2D eigenvalue weighted by atomic mass is 35.5.